The summed E-state index contributed by atoms with van der Waals surface area (Å²) in [6.45, 7) is 0. The van der Waals surface area contributed by atoms with E-state index in [4.69, 9.17) is 0 Å². The number of nitrogens with zero attached hydrogens (tertiary/aromatic N) is 4. The van der Waals surface area contributed by atoms with Crippen molar-refractivity contribution in [2.24, 2.45) is 0 Å². The maximum Gasteiger partial charge on any atom is 0.417 e. The lowest BCUT2D eigenvalue weighted by atomic mass is 9.92. The molecule has 0 atom stereocenters. The van der Waals surface area contributed by atoms with Crippen LogP contribution in [-0.2, 0) is 6.18 Å². The fourth-order valence-corrected chi connectivity index (χ4v) is 11.0. The van der Waals surface area contributed by atoms with Gasteiger partial charge in [0.15, 0.2) is 0 Å². The molecule has 0 spiro atoms. The molecule has 0 radical (unpaired) electrons. The molecule has 13 rings (SSSR count). The third kappa shape index (κ3) is 7.87. The van der Waals surface area contributed by atoms with Gasteiger partial charge in [-0.1, -0.05) is 164 Å². The van der Waals surface area contributed by atoms with Gasteiger partial charge in [-0.25, -0.2) is 0 Å². The first-order valence-corrected chi connectivity index (χ1v) is 24.9. The lowest BCUT2D eigenvalue weighted by molar-refractivity contribution is -0.137. The summed E-state index contributed by atoms with van der Waals surface area (Å²) in [5.74, 6) is 0. The van der Waals surface area contributed by atoms with E-state index in [-0.39, 0.29) is 11.1 Å². The van der Waals surface area contributed by atoms with Gasteiger partial charge in [0.1, 0.15) is 0 Å². The lowest BCUT2D eigenvalue weighted by Gasteiger charge is -2.21. The Morgan fingerprint density at radius 2 is 0.645 bits per heavy atom. The van der Waals surface area contributed by atoms with E-state index < -0.39 is 11.7 Å². The van der Waals surface area contributed by atoms with Crippen molar-refractivity contribution in [3.05, 3.63) is 265 Å². The highest BCUT2D eigenvalue weighted by Gasteiger charge is 2.34. The maximum atomic E-state index is 15.2. The van der Waals surface area contributed by atoms with Gasteiger partial charge in [-0.3, -0.25) is 0 Å². The van der Waals surface area contributed by atoms with Gasteiger partial charge in [-0.05, 0) is 141 Å². The molecule has 0 amide bonds. The number of halogens is 3. The molecule has 76 heavy (non-hydrogen) atoms. The van der Waals surface area contributed by atoms with Crippen molar-refractivity contribution in [1.82, 2.24) is 9.13 Å². The Morgan fingerprint density at radius 3 is 1.04 bits per heavy atom. The Kier molecular flexibility index (Phi) is 11.0. The highest BCUT2D eigenvalue weighted by molar-refractivity contribution is 6.14. The van der Waals surface area contributed by atoms with Gasteiger partial charge in [-0.2, -0.15) is 23.7 Å². The Balaban J connectivity index is 1.13. The summed E-state index contributed by atoms with van der Waals surface area (Å²) in [6, 6.07) is 85.9. The van der Waals surface area contributed by atoms with Crippen molar-refractivity contribution in [3.8, 4) is 90.3 Å². The summed E-state index contributed by atoms with van der Waals surface area (Å²) in [6.07, 6.45) is -4.76. The van der Waals surface area contributed by atoms with Gasteiger partial charge in [-0.15, -0.1) is 0 Å². The Morgan fingerprint density at radius 1 is 0.289 bits per heavy atom. The van der Waals surface area contributed by atoms with Gasteiger partial charge >= 0.3 is 6.18 Å². The molecule has 4 nitrogen and oxygen atoms in total. The summed E-state index contributed by atoms with van der Waals surface area (Å²) >= 11 is 0. The first-order chi connectivity index (χ1) is 37.2. The highest BCUT2D eigenvalue weighted by atomic mass is 19.4. The first kappa shape index (κ1) is 45.6. The predicted molar refractivity (Wildman–Crippen MR) is 302 cm³/mol. The van der Waals surface area contributed by atoms with Crippen molar-refractivity contribution >= 4 is 43.6 Å². The molecular weight excluding hydrogens is 942 g/mol. The summed E-state index contributed by atoms with van der Waals surface area (Å²) in [5, 5.41) is 24.4. The van der Waals surface area contributed by atoms with E-state index in [1.165, 1.54) is 12.1 Å². The molecule has 0 saturated carbocycles. The standard InChI is InChI=1S/C69H41F3N4/c70-69(71,72)62-36-45(43-74)21-28-55(62)54-23-29-56(68(41-54)76-66-33-26-52(48-17-9-3-10-18-48)39-60(66)61-40-53(27-34-67(61)76)49-19-11-4-12-20-49)57-35-44(42-73)22-30-63(57)75-64-31-24-50(46-13-5-1-6-14-46)37-58(64)59-38-51(25-32-65(59)75)47-15-7-2-8-16-47/h1-41H. The summed E-state index contributed by atoms with van der Waals surface area (Å²) in [7, 11) is 0. The average molecular weight is 983 g/mol. The normalized spacial score (nSPS) is 11.6. The Bertz CT molecular complexity index is 4310. The Labute approximate surface area is 436 Å². The van der Waals surface area contributed by atoms with Gasteiger partial charge in [0.05, 0.1) is 62.3 Å². The third-order valence-corrected chi connectivity index (χ3v) is 14.6. The lowest BCUT2D eigenvalue weighted by Crippen LogP contribution is -2.08. The molecule has 2 aromatic heterocycles. The van der Waals surface area contributed by atoms with E-state index in [0.29, 0.717) is 27.9 Å². The van der Waals surface area contributed by atoms with Crippen molar-refractivity contribution in [2.45, 2.75) is 6.18 Å². The van der Waals surface area contributed by atoms with Gasteiger partial charge in [0, 0.05) is 32.7 Å². The second-order valence-electron chi connectivity index (χ2n) is 19.0. The van der Waals surface area contributed by atoms with Crippen LogP contribution in [0.4, 0.5) is 13.2 Å². The number of hydrogen-bond donors (Lipinski definition) is 0. The second kappa shape index (κ2) is 18.4. The van der Waals surface area contributed by atoms with Crippen LogP contribution in [-0.4, -0.2) is 9.13 Å². The zero-order valence-electron chi connectivity index (χ0n) is 40.6. The number of rotatable bonds is 8. The minimum Gasteiger partial charge on any atom is -0.309 e. The number of alkyl halides is 3. The molecule has 0 unspecified atom stereocenters. The van der Waals surface area contributed by atoms with Crippen LogP contribution in [0.2, 0.25) is 0 Å². The van der Waals surface area contributed by atoms with Crippen molar-refractivity contribution in [1.29, 1.82) is 10.5 Å². The molecule has 2 heterocycles. The molecule has 11 aromatic carbocycles. The fraction of sp³-hybridized carbons (Fsp3) is 0.0145. The minimum atomic E-state index is -4.76. The van der Waals surface area contributed by atoms with Crippen molar-refractivity contribution in [3.63, 3.8) is 0 Å². The first-order valence-electron chi connectivity index (χ1n) is 24.9. The van der Waals surface area contributed by atoms with Crippen molar-refractivity contribution in [2.75, 3.05) is 0 Å². The smallest absolute Gasteiger partial charge is 0.309 e. The molecule has 0 fully saturated rings. The van der Waals surface area contributed by atoms with E-state index in [0.717, 1.165) is 99.9 Å². The Hall–Kier alpha value is -10.2. The number of benzene rings is 11. The summed E-state index contributed by atoms with van der Waals surface area (Å²) in [4.78, 5) is 0. The van der Waals surface area contributed by atoms with Crippen LogP contribution >= 0.6 is 0 Å². The van der Waals surface area contributed by atoms with Gasteiger partial charge in [0.2, 0.25) is 0 Å². The van der Waals surface area contributed by atoms with Crippen LogP contribution in [0.15, 0.2) is 249 Å². The average Bonchev–Trinajstić information content (AvgIpc) is 4.06. The summed E-state index contributed by atoms with van der Waals surface area (Å²) < 4.78 is 49.9. The van der Waals surface area contributed by atoms with Crippen LogP contribution in [0, 0.1) is 22.7 Å². The number of aromatic nitrogens is 2. The molecule has 0 aliphatic carbocycles. The van der Waals surface area contributed by atoms with E-state index in [1.54, 1.807) is 6.07 Å². The molecule has 7 heteroatoms. The van der Waals surface area contributed by atoms with Gasteiger partial charge < -0.3 is 9.13 Å². The zero-order valence-corrected chi connectivity index (χ0v) is 40.6. The van der Waals surface area contributed by atoms with E-state index in [2.05, 4.69) is 137 Å². The largest absolute Gasteiger partial charge is 0.417 e. The summed E-state index contributed by atoms with van der Waals surface area (Å²) in [5.41, 5.74) is 14.4. The predicted octanol–water partition coefficient (Wildman–Crippen LogP) is 18.6. The molecule has 0 bridgehead atoms. The monoisotopic (exact) mass is 982 g/mol. The second-order valence-corrected chi connectivity index (χ2v) is 19.0. The van der Waals surface area contributed by atoms with E-state index in [1.807, 2.05) is 109 Å². The van der Waals surface area contributed by atoms with Crippen LogP contribution < -0.4 is 0 Å². The maximum absolute atomic E-state index is 15.2. The molecule has 0 aliphatic rings. The number of hydrogen-bond acceptors (Lipinski definition) is 2. The van der Waals surface area contributed by atoms with E-state index >= 15 is 13.2 Å². The molecule has 13 aromatic rings. The zero-order chi connectivity index (χ0) is 51.5. The van der Waals surface area contributed by atoms with Gasteiger partial charge in [0.25, 0.3) is 0 Å². The van der Waals surface area contributed by atoms with Crippen molar-refractivity contribution < 1.29 is 13.2 Å². The fourth-order valence-electron chi connectivity index (χ4n) is 11.0. The minimum absolute atomic E-state index is 0.0605. The molecule has 0 N–H and O–H groups in total. The van der Waals surface area contributed by atoms with Crippen LogP contribution in [0.5, 0.6) is 0 Å². The molecule has 0 saturated heterocycles. The third-order valence-electron chi connectivity index (χ3n) is 14.6. The SMILES string of the molecule is N#Cc1ccc(-n2c3ccc(-c4ccccc4)cc3c3cc(-c4ccccc4)ccc32)c(-c2ccc(-c3ccc(C#N)cc3C(F)(F)F)cc2-n2c3ccc(-c4ccccc4)cc3c3cc(-c4ccccc4)ccc32)c1. The number of fused-ring (bicyclic) bond motifs is 6. The highest BCUT2D eigenvalue weighted by Crippen LogP contribution is 2.46. The topological polar surface area (TPSA) is 57.4 Å². The van der Waals surface area contributed by atoms with Crippen LogP contribution in [0.3, 0.4) is 0 Å². The molecular formula is C69H41F3N4. The van der Waals surface area contributed by atoms with Crippen LogP contribution in [0.1, 0.15) is 16.7 Å². The van der Waals surface area contributed by atoms with E-state index in [9.17, 15) is 10.5 Å². The number of nitriles is 2. The molecule has 358 valence electrons. The van der Waals surface area contributed by atoms with Crippen LogP contribution in [0.25, 0.3) is 122 Å². The molecule has 0 aliphatic heterocycles. The quantitative estimate of drug-likeness (QED) is 0.152.